The van der Waals surface area contributed by atoms with Crippen molar-refractivity contribution in [3.8, 4) is 0 Å². The summed E-state index contributed by atoms with van der Waals surface area (Å²) >= 11 is 0. The van der Waals surface area contributed by atoms with E-state index in [9.17, 15) is 8.42 Å². The number of hydrogen-bond acceptors (Lipinski definition) is 4. The van der Waals surface area contributed by atoms with Crippen LogP contribution >= 0.6 is 0 Å². The molecule has 0 aliphatic carbocycles. The lowest BCUT2D eigenvalue weighted by molar-refractivity contribution is 0.0730. The molecule has 0 amide bonds. The summed E-state index contributed by atoms with van der Waals surface area (Å²) in [5, 5.41) is 0. The van der Waals surface area contributed by atoms with Crippen molar-refractivity contribution in [1.29, 1.82) is 0 Å². The number of nitrogens with two attached hydrogens (primary N) is 1. The molecule has 1 aromatic rings. The quantitative estimate of drug-likeness (QED) is 0.878. The number of nitrogens with zero attached hydrogens (tertiary/aromatic N) is 1. The number of ether oxygens (including phenoxy) is 1. The van der Waals surface area contributed by atoms with Crippen LogP contribution in [0.25, 0.3) is 0 Å². The van der Waals surface area contributed by atoms with Crippen LogP contribution in [0.2, 0.25) is 0 Å². The summed E-state index contributed by atoms with van der Waals surface area (Å²) in [6.07, 6.45) is 0. The molecule has 0 spiro atoms. The molecular weight excluding hydrogens is 252 g/mol. The van der Waals surface area contributed by atoms with E-state index in [-0.39, 0.29) is 6.04 Å². The minimum absolute atomic E-state index is 0.0925. The normalized spacial score (nSPS) is 19.7. The van der Waals surface area contributed by atoms with E-state index in [0.717, 1.165) is 5.56 Å². The van der Waals surface area contributed by atoms with Crippen LogP contribution < -0.4 is 5.73 Å². The summed E-state index contributed by atoms with van der Waals surface area (Å²) < 4.78 is 31.2. The van der Waals surface area contributed by atoms with Crippen LogP contribution in [0.1, 0.15) is 18.5 Å². The van der Waals surface area contributed by atoms with Gasteiger partial charge in [-0.15, -0.1) is 0 Å². The molecule has 18 heavy (non-hydrogen) atoms. The lowest BCUT2D eigenvalue weighted by atomic mass is 10.1. The van der Waals surface area contributed by atoms with Gasteiger partial charge in [-0.2, -0.15) is 4.31 Å². The zero-order valence-electron chi connectivity index (χ0n) is 10.4. The van der Waals surface area contributed by atoms with Crippen molar-refractivity contribution >= 4 is 10.0 Å². The van der Waals surface area contributed by atoms with Gasteiger partial charge in [-0.25, -0.2) is 8.42 Å². The summed E-state index contributed by atoms with van der Waals surface area (Å²) in [5.74, 6) is 0. The molecule has 1 aliphatic rings. The zero-order chi connectivity index (χ0) is 13.2. The molecule has 1 atom stereocenters. The van der Waals surface area contributed by atoms with E-state index in [1.54, 1.807) is 24.3 Å². The van der Waals surface area contributed by atoms with Gasteiger partial charge in [-0.05, 0) is 24.6 Å². The van der Waals surface area contributed by atoms with Crippen LogP contribution in [0.5, 0.6) is 0 Å². The molecule has 1 aliphatic heterocycles. The van der Waals surface area contributed by atoms with Gasteiger partial charge in [0.25, 0.3) is 0 Å². The van der Waals surface area contributed by atoms with E-state index < -0.39 is 10.0 Å². The van der Waals surface area contributed by atoms with Crippen LogP contribution in [-0.2, 0) is 14.8 Å². The monoisotopic (exact) mass is 270 g/mol. The first-order valence-corrected chi connectivity index (χ1v) is 7.39. The van der Waals surface area contributed by atoms with E-state index in [1.807, 2.05) is 6.92 Å². The molecule has 0 saturated carbocycles. The van der Waals surface area contributed by atoms with Crippen molar-refractivity contribution in [3.63, 3.8) is 0 Å². The highest BCUT2D eigenvalue weighted by atomic mass is 32.2. The largest absolute Gasteiger partial charge is 0.379 e. The molecule has 1 saturated heterocycles. The summed E-state index contributed by atoms with van der Waals surface area (Å²) in [4.78, 5) is 0.314. The van der Waals surface area contributed by atoms with E-state index in [0.29, 0.717) is 31.2 Å². The van der Waals surface area contributed by atoms with Crippen molar-refractivity contribution in [1.82, 2.24) is 4.31 Å². The van der Waals surface area contributed by atoms with E-state index in [4.69, 9.17) is 10.5 Å². The fraction of sp³-hybridized carbons (Fsp3) is 0.500. The fourth-order valence-corrected chi connectivity index (χ4v) is 3.29. The van der Waals surface area contributed by atoms with Gasteiger partial charge in [-0.1, -0.05) is 12.1 Å². The molecule has 1 heterocycles. The van der Waals surface area contributed by atoms with E-state index >= 15 is 0 Å². The third kappa shape index (κ3) is 2.72. The van der Waals surface area contributed by atoms with Gasteiger partial charge < -0.3 is 10.5 Å². The molecule has 1 aromatic carbocycles. The maximum atomic E-state index is 12.3. The van der Waals surface area contributed by atoms with Crippen molar-refractivity contribution in [2.75, 3.05) is 26.3 Å². The maximum Gasteiger partial charge on any atom is 0.243 e. The molecule has 2 rings (SSSR count). The number of hydrogen-bond donors (Lipinski definition) is 1. The number of morpholine rings is 1. The Morgan fingerprint density at radius 2 is 1.78 bits per heavy atom. The highest BCUT2D eigenvalue weighted by molar-refractivity contribution is 7.89. The molecule has 5 nitrogen and oxygen atoms in total. The Morgan fingerprint density at radius 1 is 1.22 bits per heavy atom. The summed E-state index contributed by atoms with van der Waals surface area (Å²) in [5.41, 5.74) is 6.67. The lowest BCUT2D eigenvalue weighted by Gasteiger charge is -2.26. The van der Waals surface area contributed by atoms with Gasteiger partial charge in [0.15, 0.2) is 0 Å². The smallest absolute Gasteiger partial charge is 0.243 e. The van der Waals surface area contributed by atoms with Gasteiger partial charge in [0.05, 0.1) is 18.1 Å². The molecule has 100 valence electrons. The highest BCUT2D eigenvalue weighted by Gasteiger charge is 2.26. The van der Waals surface area contributed by atoms with E-state index in [1.165, 1.54) is 4.31 Å². The van der Waals surface area contributed by atoms with Gasteiger partial charge in [0.1, 0.15) is 0 Å². The Bertz CT molecular complexity index is 491. The van der Waals surface area contributed by atoms with Crippen molar-refractivity contribution in [2.24, 2.45) is 5.73 Å². The van der Waals surface area contributed by atoms with Crippen molar-refractivity contribution in [3.05, 3.63) is 29.8 Å². The zero-order valence-corrected chi connectivity index (χ0v) is 11.2. The second-order valence-electron chi connectivity index (χ2n) is 4.37. The lowest BCUT2D eigenvalue weighted by Crippen LogP contribution is -2.40. The molecule has 1 fully saturated rings. The summed E-state index contributed by atoms with van der Waals surface area (Å²) in [7, 11) is -3.39. The van der Waals surface area contributed by atoms with E-state index in [2.05, 4.69) is 0 Å². The molecule has 0 unspecified atom stereocenters. The van der Waals surface area contributed by atoms with Gasteiger partial charge in [0.2, 0.25) is 10.0 Å². The Balaban J connectivity index is 2.23. The Labute approximate surface area is 108 Å². The molecule has 0 bridgehead atoms. The van der Waals surface area contributed by atoms with Gasteiger partial charge >= 0.3 is 0 Å². The van der Waals surface area contributed by atoms with Gasteiger partial charge in [-0.3, -0.25) is 0 Å². The van der Waals surface area contributed by atoms with Crippen LogP contribution in [0, 0.1) is 0 Å². The molecule has 0 aromatic heterocycles. The summed E-state index contributed by atoms with van der Waals surface area (Å²) in [6.45, 7) is 3.61. The Morgan fingerprint density at radius 3 is 2.28 bits per heavy atom. The Kier molecular flexibility index (Phi) is 4.01. The fourth-order valence-electron chi connectivity index (χ4n) is 1.88. The van der Waals surface area contributed by atoms with Gasteiger partial charge in [0, 0.05) is 19.1 Å². The SMILES string of the molecule is C[C@H](N)c1ccc(S(=O)(=O)N2CCOCC2)cc1. The van der Waals surface area contributed by atoms with Crippen molar-refractivity contribution < 1.29 is 13.2 Å². The standard InChI is InChI=1S/C12H18N2O3S/c1-10(13)11-2-4-12(5-3-11)18(15,16)14-6-8-17-9-7-14/h2-5,10H,6-9,13H2,1H3/t10-/m0/s1. The molecular formula is C12H18N2O3S. The van der Waals surface area contributed by atoms with Crippen molar-refractivity contribution in [2.45, 2.75) is 17.9 Å². The number of sulfonamides is 1. The molecule has 6 heteroatoms. The highest BCUT2D eigenvalue weighted by Crippen LogP contribution is 2.19. The number of benzene rings is 1. The third-order valence-electron chi connectivity index (χ3n) is 3.01. The van der Waals surface area contributed by atoms with Crippen LogP contribution in [-0.4, -0.2) is 39.0 Å². The third-order valence-corrected chi connectivity index (χ3v) is 4.93. The predicted octanol–water partition coefficient (Wildman–Crippen LogP) is 0.727. The predicted molar refractivity (Wildman–Crippen MR) is 68.6 cm³/mol. The second-order valence-corrected chi connectivity index (χ2v) is 6.31. The van der Waals surface area contributed by atoms with Crippen LogP contribution in [0.3, 0.4) is 0 Å². The summed E-state index contributed by atoms with van der Waals surface area (Å²) in [6, 6.07) is 6.66. The average Bonchev–Trinajstić information content (AvgIpc) is 2.40. The maximum absolute atomic E-state index is 12.3. The first-order chi connectivity index (χ1) is 8.51. The Hall–Kier alpha value is -0.950. The minimum atomic E-state index is -3.39. The first kappa shape index (κ1) is 13.5. The molecule has 2 N–H and O–H groups in total. The first-order valence-electron chi connectivity index (χ1n) is 5.95. The topological polar surface area (TPSA) is 72.6 Å². The second kappa shape index (κ2) is 5.36. The van der Waals surface area contributed by atoms with Crippen LogP contribution in [0.15, 0.2) is 29.2 Å². The van der Waals surface area contributed by atoms with Crippen LogP contribution in [0.4, 0.5) is 0 Å². The minimum Gasteiger partial charge on any atom is -0.379 e. The molecule has 0 radical (unpaired) electrons. The number of rotatable bonds is 3. The average molecular weight is 270 g/mol.